The molecule has 1 saturated heterocycles. The van der Waals surface area contributed by atoms with Crippen LogP contribution < -0.4 is 5.46 Å². The van der Waals surface area contributed by atoms with E-state index in [-0.39, 0.29) is 4.90 Å². The fraction of sp³-hybridized carbons (Fsp3) is 0.300. The molecule has 0 N–H and O–H groups in total. The van der Waals surface area contributed by atoms with Gasteiger partial charge in [0.2, 0.25) is 0 Å². The highest BCUT2D eigenvalue weighted by Gasteiger charge is 2.51. The number of nitrogens with zero attached hydrogens (tertiary/aromatic N) is 1. The molecule has 4 rings (SSSR count). The Morgan fingerprint density at radius 2 is 1.52 bits per heavy atom. The summed E-state index contributed by atoms with van der Waals surface area (Å²) in [6, 6.07) is 15.9. The second kappa shape index (κ2) is 5.96. The fourth-order valence-electron chi connectivity index (χ4n) is 3.16. The number of hydrogen-bond acceptors (Lipinski definition) is 4. The minimum absolute atomic E-state index is 0.253. The van der Waals surface area contributed by atoms with Crippen molar-refractivity contribution in [2.75, 3.05) is 0 Å². The Hall–Kier alpha value is -2.09. The van der Waals surface area contributed by atoms with Crippen molar-refractivity contribution < 1.29 is 17.7 Å². The first kappa shape index (κ1) is 18.3. The normalized spacial score (nSPS) is 18.9. The van der Waals surface area contributed by atoms with Crippen molar-refractivity contribution in [1.29, 1.82) is 0 Å². The number of benzene rings is 2. The van der Waals surface area contributed by atoms with Gasteiger partial charge >= 0.3 is 7.12 Å². The van der Waals surface area contributed by atoms with Crippen LogP contribution in [0.3, 0.4) is 0 Å². The Morgan fingerprint density at radius 1 is 0.889 bits per heavy atom. The molecule has 0 amide bonds. The van der Waals surface area contributed by atoms with E-state index in [0.29, 0.717) is 5.52 Å². The third kappa shape index (κ3) is 2.90. The molecule has 0 bridgehead atoms. The third-order valence-corrected chi connectivity index (χ3v) is 7.21. The van der Waals surface area contributed by atoms with Crippen molar-refractivity contribution in [3.63, 3.8) is 0 Å². The lowest BCUT2D eigenvalue weighted by Gasteiger charge is -2.32. The maximum Gasteiger partial charge on any atom is 0.494 e. The van der Waals surface area contributed by atoms with Crippen LogP contribution in [0.5, 0.6) is 0 Å². The van der Waals surface area contributed by atoms with E-state index in [2.05, 4.69) is 0 Å². The Kier molecular flexibility index (Phi) is 4.03. The molecule has 1 aromatic heterocycles. The summed E-state index contributed by atoms with van der Waals surface area (Å²) in [6.45, 7) is 7.98. The van der Waals surface area contributed by atoms with Crippen molar-refractivity contribution in [2.24, 2.45) is 0 Å². The van der Waals surface area contributed by atoms with Gasteiger partial charge in [0.25, 0.3) is 10.0 Å². The molecule has 0 atom stereocenters. The van der Waals surface area contributed by atoms with Gasteiger partial charge in [-0.2, -0.15) is 0 Å². The van der Waals surface area contributed by atoms with Gasteiger partial charge in [-0.3, -0.25) is 0 Å². The van der Waals surface area contributed by atoms with Crippen LogP contribution in [0.1, 0.15) is 27.7 Å². The molecular formula is C20H22BNO4S. The molecule has 0 spiro atoms. The summed E-state index contributed by atoms with van der Waals surface area (Å²) in [7, 11) is -4.21. The van der Waals surface area contributed by atoms with E-state index in [1.165, 1.54) is 3.97 Å². The SMILES string of the molecule is CC1(C)OB(c2ccc3ccn(S(=O)(=O)c4ccccc4)c3c2)OC1(C)C. The molecule has 0 unspecified atom stereocenters. The van der Waals surface area contributed by atoms with Gasteiger partial charge < -0.3 is 9.31 Å². The summed E-state index contributed by atoms with van der Waals surface area (Å²) in [6.07, 6.45) is 1.58. The molecule has 3 aromatic rings. The number of aromatic nitrogens is 1. The largest absolute Gasteiger partial charge is 0.494 e. The highest BCUT2D eigenvalue weighted by Crippen LogP contribution is 2.36. The van der Waals surface area contributed by atoms with Crippen molar-refractivity contribution in [3.05, 3.63) is 60.8 Å². The monoisotopic (exact) mass is 383 g/mol. The van der Waals surface area contributed by atoms with Crippen molar-refractivity contribution in [1.82, 2.24) is 3.97 Å². The van der Waals surface area contributed by atoms with Crippen LogP contribution in [-0.4, -0.2) is 30.7 Å². The summed E-state index contributed by atoms with van der Waals surface area (Å²) in [4.78, 5) is 0.253. The Bertz CT molecular complexity index is 1090. The van der Waals surface area contributed by atoms with Crippen LogP contribution in [0.4, 0.5) is 0 Å². The average molecular weight is 383 g/mol. The average Bonchev–Trinajstić information content (AvgIpc) is 3.13. The van der Waals surface area contributed by atoms with E-state index in [1.807, 2.05) is 45.9 Å². The van der Waals surface area contributed by atoms with Crippen LogP contribution >= 0.6 is 0 Å². The molecule has 5 nitrogen and oxygen atoms in total. The quantitative estimate of drug-likeness (QED) is 0.652. The molecule has 7 heteroatoms. The van der Waals surface area contributed by atoms with E-state index in [4.69, 9.17) is 9.31 Å². The molecule has 0 saturated carbocycles. The first-order valence-corrected chi connectivity index (χ1v) is 10.3. The predicted molar refractivity (Wildman–Crippen MR) is 107 cm³/mol. The van der Waals surface area contributed by atoms with Gasteiger partial charge in [0.05, 0.1) is 21.6 Å². The molecule has 1 fully saturated rings. The highest BCUT2D eigenvalue weighted by molar-refractivity contribution is 7.90. The first-order chi connectivity index (χ1) is 12.6. The summed E-state index contributed by atoms with van der Waals surface area (Å²) >= 11 is 0. The molecule has 27 heavy (non-hydrogen) atoms. The van der Waals surface area contributed by atoms with Gasteiger partial charge in [-0.1, -0.05) is 30.3 Å². The summed E-state index contributed by atoms with van der Waals surface area (Å²) in [5, 5.41) is 0.842. The van der Waals surface area contributed by atoms with Gasteiger partial charge in [0.15, 0.2) is 0 Å². The zero-order chi connectivity index (χ0) is 19.4. The van der Waals surface area contributed by atoms with Gasteiger partial charge in [-0.25, -0.2) is 12.4 Å². The summed E-state index contributed by atoms with van der Waals surface area (Å²) < 4.78 is 39.6. The minimum atomic E-state index is -3.67. The van der Waals surface area contributed by atoms with Crippen LogP contribution in [0.2, 0.25) is 0 Å². The maximum atomic E-state index is 13.0. The number of hydrogen-bond donors (Lipinski definition) is 0. The smallest absolute Gasteiger partial charge is 0.399 e. The van der Waals surface area contributed by atoms with Gasteiger partial charge in [-0.05, 0) is 57.4 Å². The molecule has 1 aliphatic rings. The minimum Gasteiger partial charge on any atom is -0.399 e. The van der Waals surface area contributed by atoms with Gasteiger partial charge in [0.1, 0.15) is 0 Å². The zero-order valence-electron chi connectivity index (χ0n) is 15.8. The van der Waals surface area contributed by atoms with Gasteiger partial charge in [0, 0.05) is 11.6 Å². The van der Waals surface area contributed by atoms with Crippen molar-refractivity contribution in [2.45, 2.75) is 43.8 Å². The Morgan fingerprint density at radius 3 is 2.15 bits per heavy atom. The van der Waals surface area contributed by atoms with Crippen LogP contribution in [0.25, 0.3) is 10.9 Å². The third-order valence-electron chi connectivity index (χ3n) is 5.51. The Balaban J connectivity index is 1.80. The van der Waals surface area contributed by atoms with Crippen LogP contribution in [0, 0.1) is 0 Å². The molecule has 2 aromatic carbocycles. The second-order valence-electron chi connectivity index (χ2n) is 7.84. The zero-order valence-corrected chi connectivity index (χ0v) is 16.7. The molecule has 140 valence electrons. The van der Waals surface area contributed by atoms with E-state index >= 15 is 0 Å². The predicted octanol–water partition coefficient (Wildman–Crippen LogP) is 3.18. The lowest BCUT2D eigenvalue weighted by molar-refractivity contribution is 0.00578. The standard InChI is InChI=1S/C20H22BNO4S/c1-19(2)20(3,4)26-21(25-19)16-11-10-15-12-13-22(18(15)14-16)27(23,24)17-8-6-5-7-9-17/h5-14H,1-4H3. The first-order valence-electron chi connectivity index (χ1n) is 8.89. The number of fused-ring (bicyclic) bond motifs is 1. The molecule has 2 heterocycles. The lowest BCUT2D eigenvalue weighted by atomic mass is 9.79. The molecular weight excluding hydrogens is 361 g/mol. The summed E-state index contributed by atoms with van der Waals surface area (Å²) in [5.41, 5.74) is 0.491. The van der Waals surface area contributed by atoms with E-state index < -0.39 is 28.3 Å². The topological polar surface area (TPSA) is 57.5 Å². The van der Waals surface area contributed by atoms with Crippen molar-refractivity contribution in [3.8, 4) is 0 Å². The molecule has 1 aliphatic heterocycles. The van der Waals surface area contributed by atoms with Crippen LogP contribution in [0.15, 0.2) is 65.7 Å². The highest BCUT2D eigenvalue weighted by atomic mass is 32.2. The number of rotatable bonds is 3. The van der Waals surface area contributed by atoms with Gasteiger partial charge in [-0.15, -0.1) is 0 Å². The molecule has 0 radical (unpaired) electrons. The maximum absolute atomic E-state index is 13.0. The fourth-order valence-corrected chi connectivity index (χ4v) is 4.53. The van der Waals surface area contributed by atoms with Crippen LogP contribution in [-0.2, 0) is 19.3 Å². The lowest BCUT2D eigenvalue weighted by Crippen LogP contribution is -2.41. The second-order valence-corrected chi connectivity index (χ2v) is 9.65. The summed E-state index contributed by atoms with van der Waals surface area (Å²) in [5.74, 6) is 0. The van der Waals surface area contributed by atoms with E-state index in [0.717, 1.165) is 10.8 Å². The van der Waals surface area contributed by atoms with E-state index in [9.17, 15) is 8.42 Å². The van der Waals surface area contributed by atoms with Crippen molar-refractivity contribution >= 4 is 33.5 Å². The molecule has 0 aliphatic carbocycles. The van der Waals surface area contributed by atoms with E-state index in [1.54, 1.807) is 42.6 Å². The Labute approximate surface area is 160 Å².